The number of hydrogen-bond donors (Lipinski definition) is 0. The van der Waals surface area contributed by atoms with Crippen molar-refractivity contribution in [1.29, 1.82) is 0 Å². The number of rotatable bonds is 5. The summed E-state index contributed by atoms with van der Waals surface area (Å²) >= 11 is 1.60. The molecule has 1 aliphatic carbocycles. The molecule has 144 valence electrons. The molecule has 5 nitrogen and oxygen atoms in total. The molecule has 27 heavy (non-hydrogen) atoms. The SMILES string of the molecule is O=C(c1ccc2c(c1)OCCCO2)N(Cc1nccs1)CC1CCCCC1. The van der Waals surface area contributed by atoms with Crippen molar-refractivity contribution >= 4 is 17.2 Å². The molecule has 0 spiro atoms. The zero-order valence-electron chi connectivity index (χ0n) is 15.6. The van der Waals surface area contributed by atoms with Gasteiger partial charge in [-0.05, 0) is 37.0 Å². The Bertz CT molecular complexity index is 757. The third kappa shape index (κ3) is 4.61. The van der Waals surface area contributed by atoms with Crippen molar-refractivity contribution < 1.29 is 14.3 Å². The highest BCUT2D eigenvalue weighted by Gasteiger charge is 2.24. The Labute approximate surface area is 164 Å². The molecule has 2 aromatic rings. The summed E-state index contributed by atoms with van der Waals surface area (Å²) < 4.78 is 11.5. The van der Waals surface area contributed by atoms with Crippen LogP contribution >= 0.6 is 11.3 Å². The molecule has 0 atom stereocenters. The Hall–Kier alpha value is -2.08. The van der Waals surface area contributed by atoms with Crippen LogP contribution in [-0.4, -0.2) is 35.5 Å². The lowest BCUT2D eigenvalue weighted by atomic mass is 9.89. The van der Waals surface area contributed by atoms with Gasteiger partial charge in [0, 0.05) is 30.1 Å². The van der Waals surface area contributed by atoms with E-state index in [1.807, 2.05) is 28.5 Å². The number of carbonyl (C=O) groups excluding carboxylic acids is 1. The summed E-state index contributed by atoms with van der Waals surface area (Å²) in [5.41, 5.74) is 0.659. The zero-order chi connectivity index (χ0) is 18.5. The molecule has 1 aliphatic heterocycles. The average Bonchev–Trinajstić information content (AvgIpc) is 3.10. The summed E-state index contributed by atoms with van der Waals surface area (Å²) in [4.78, 5) is 19.7. The maximum absolute atomic E-state index is 13.3. The van der Waals surface area contributed by atoms with Crippen LogP contribution in [-0.2, 0) is 6.54 Å². The van der Waals surface area contributed by atoms with E-state index in [4.69, 9.17) is 9.47 Å². The monoisotopic (exact) mass is 386 g/mol. The van der Waals surface area contributed by atoms with E-state index in [9.17, 15) is 4.79 Å². The van der Waals surface area contributed by atoms with Crippen molar-refractivity contribution in [2.24, 2.45) is 5.92 Å². The Morgan fingerprint density at radius 2 is 1.93 bits per heavy atom. The van der Waals surface area contributed by atoms with Gasteiger partial charge < -0.3 is 14.4 Å². The highest BCUT2D eigenvalue weighted by molar-refractivity contribution is 7.09. The number of aromatic nitrogens is 1. The largest absolute Gasteiger partial charge is 0.490 e. The van der Waals surface area contributed by atoms with Gasteiger partial charge in [-0.25, -0.2) is 4.98 Å². The number of benzene rings is 1. The van der Waals surface area contributed by atoms with Crippen molar-refractivity contribution in [3.63, 3.8) is 0 Å². The topological polar surface area (TPSA) is 51.7 Å². The molecule has 2 heterocycles. The van der Waals surface area contributed by atoms with Crippen LogP contribution in [0.3, 0.4) is 0 Å². The standard InChI is InChI=1S/C21H26N2O3S/c24-21(17-7-8-18-19(13-17)26-11-4-10-25-18)23(15-20-22-9-12-27-20)14-16-5-2-1-3-6-16/h7-9,12-13,16H,1-6,10-11,14-15H2. The molecule has 2 aliphatic rings. The molecule has 0 radical (unpaired) electrons. The van der Waals surface area contributed by atoms with Crippen LogP contribution in [0.15, 0.2) is 29.8 Å². The molecule has 1 fully saturated rings. The van der Waals surface area contributed by atoms with E-state index in [0.29, 0.717) is 37.0 Å². The first-order chi connectivity index (χ1) is 13.3. The molecular weight excluding hydrogens is 360 g/mol. The third-order valence-electron chi connectivity index (χ3n) is 5.29. The molecule has 1 saturated carbocycles. The normalized spacial score (nSPS) is 17.3. The first-order valence-corrected chi connectivity index (χ1v) is 10.7. The molecule has 4 rings (SSSR count). The number of ether oxygens (including phenoxy) is 2. The summed E-state index contributed by atoms with van der Waals surface area (Å²) in [6, 6.07) is 5.54. The maximum Gasteiger partial charge on any atom is 0.254 e. The minimum atomic E-state index is 0.0476. The van der Waals surface area contributed by atoms with Gasteiger partial charge in [0.2, 0.25) is 0 Å². The highest BCUT2D eigenvalue weighted by atomic mass is 32.1. The predicted molar refractivity (Wildman–Crippen MR) is 105 cm³/mol. The van der Waals surface area contributed by atoms with Gasteiger partial charge in [0.05, 0.1) is 19.8 Å². The Morgan fingerprint density at radius 1 is 1.11 bits per heavy atom. The summed E-state index contributed by atoms with van der Waals surface area (Å²) in [6.07, 6.45) is 8.94. The van der Waals surface area contributed by atoms with Gasteiger partial charge in [-0.15, -0.1) is 11.3 Å². The Kier molecular flexibility index (Phi) is 5.92. The van der Waals surface area contributed by atoms with Gasteiger partial charge >= 0.3 is 0 Å². The van der Waals surface area contributed by atoms with Crippen molar-refractivity contribution in [1.82, 2.24) is 9.88 Å². The number of hydrogen-bond acceptors (Lipinski definition) is 5. The first-order valence-electron chi connectivity index (χ1n) is 9.87. The van der Waals surface area contributed by atoms with E-state index in [1.165, 1.54) is 32.1 Å². The average molecular weight is 387 g/mol. The van der Waals surface area contributed by atoms with Crippen LogP contribution in [0.2, 0.25) is 0 Å². The van der Waals surface area contributed by atoms with Gasteiger partial charge in [0.1, 0.15) is 5.01 Å². The van der Waals surface area contributed by atoms with Crippen LogP contribution in [0.5, 0.6) is 11.5 Å². The van der Waals surface area contributed by atoms with Crippen LogP contribution in [0.1, 0.15) is 53.9 Å². The van der Waals surface area contributed by atoms with Gasteiger partial charge in [0.15, 0.2) is 11.5 Å². The number of fused-ring (bicyclic) bond motifs is 1. The van der Waals surface area contributed by atoms with Gasteiger partial charge in [0.25, 0.3) is 5.91 Å². The number of nitrogens with zero attached hydrogens (tertiary/aromatic N) is 2. The minimum Gasteiger partial charge on any atom is -0.490 e. The van der Waals surface area contributed by atoms with Gasteiger partial charge in [-0.3, -0.25) is 4.79 Å². The second-order valence-electron chi connectivity index (χ2n) is 7.33. The second-order valence-corrected chi connectivity index (χ2v) is 8.31. The third-order valence-corrected chi connectivity index (χ3v) is 6.06. The molecule has 1 aromatic heterocycles. The summed E-state index contributed by atoms with van der Waals surface area (Å²) in [7, 11) is 0. The van der Waals surface area contributed by atoms with Gasteiger partial charge in [-0.2, -0.15) is 0 Å². The number of thiazole rings is 1. The van der Waals surface area contributed by atoms with Crippen molar-refractivity contribution in [3.8, 4) is 11.5 Å². The summed E-state index contributed by atoms with van der Waals surface area (Å²) in [5, 5.41) is 2.94. The number of amides is 1. The Morgan fingerprint density at radius 3 is 2.70 bits per heavy atom. The summed E-state index contributed by atoms with van der Waals surface area (Å²) in [6.45, 7) is 2.64. The van der Waals surface area contributed by atoms with Crippen LogP contribution < -0.4 is 9.47 Å². The smallest absolute Gasteiger partial charge is 0.254 e. The molecule has 0 unspecified atom stereocenters. The first kappa shape index (κ1) is 18.3. The van der Waals surface area contributed by atoms with E-state index < -0.39 is 0 Å². The van der Waals surface area contributed by atoms with E-state index in [2.05, 4.69) is 4.98 Å². The fourth-order valence-electron chi connectivity index (χ4n) is 3.87. The molecule has 0 bridgehead atoms. The number of carbonyl (C=O) groups is 1. The lowest BCUT2D eigenvalue weighted by molar-refractivity contribution is 0.0698. The van der Waals surface area contributed by atoms with Crippen LogP contribution in [0, 0.1) is 5.92 Å². The molecular formula is C21H26N2O3S. The lowest BCUT2D eigenvalue weighted by Crippen LogP contribution is -2.35. The van der Waals surface area contributed by atoms with E-state index in [0.717, 1.165) is 23.7 Å². The van der Waals surface area contributed by atoms with Crippen molar-refractivity contribution in [2.75, 3.05) is 19.8 Å². The molecule has 0 saturated heterocycles. The molecule has 1 amide bonds. The second kappa shape index (κ2) is 8.74. The lowest BCUT2D eigenvalue weighted by Gasteiger charge is -2.29. The van der Waals surface area contributed by atoms with Gasteiger partial charge in [-0.1, -0.05) is 19.3 Å². The van der Waals surface area contributed by atoms with E-state index in [-0.39, 0.29) is 5.91 Å². The molecule has 0 N–H and O–H groups in total. The van der Waals surface area contributed by atoms with Crippen LogP contribution in [0.25, 0.3) is 0 Å². The minimum absolute atomic E-state index is 0.0476. The molecule has 6 heteroatoms. The fraction of sp³-hybridized carbons (Fsp3) is 0.524. The molecule has 1 aromatic carbocycles. The predicted octanol–water partition coefficient (Wildman–Crippen LogP) is 4.53. The quantitative estimate of drug-likeness (QED) is 0.758. The highest BCUT2D eigenvalue weighted by Crippen LogP contribution is 2.32. The van der Waals surface area contributed by atoms with E-state index >= 15 is 0 Å². The Balaban J connectivity index is 1.54. The van der Waals surface area contributed by atoms with Crippen molar-refractivity contribution in [2.45, 2.75) is 45.1 Å². The zero-order valence-corrected chi connectivity index (χ0v) is 16.4. The van der Waals surface area contributed by atoms with Crippen LogP contribution in [0.4, 0.5) is 0 Å². The van der Waals surface area contributed by atoms with Crippen molar-refractivity contribution in [3.05, 3.63) is 40.3 Å². The fourth-order valence-corrected chi connectivity index (χ4v) is 4.50. The maximum atomic E-state index is 13.3. The summed E-state index contributed by atoms with van der Waals surface area (Å²) in [5.74, 6) is 2.03. The van der Waals surface area contributed by atoms with E-state index in [1.54, 1.807) is 17.5 Å².